The van der Waals surface area contributed by atoms with E-state index in [4.69, 9.17) is 9.47 Å². The highest BCUT2D eigenvalue weighted by atomic mass is 16.5. The number of nitrogens with one attached hydrogen (secondary N) is 1. The first-order valence-electron chi connectivity index (χ1n) is 8.66. The first kappa shape index (κ1) is 19.7. The number of hydrogen-bond acceptors (Lipinski definition) is 4. The van der Waals surface area contributed by atoms with E-state index >= 15 is 0 Å². The standard InChI is InChI=1S/C21H25NO4/c1-16(23)18-9-10-20(25-2)19(13-18)14-21(24)22-11-6-12-26-15-17-7-4-3-5-8-17/h3-5,7-10,13H,6,11-12,14-15H2,1-2H3,(H,22,24). The van der Waals surface area contributed by atoms with Crippen LogP contribution in [0.1, 0.15) is 34.8 Å². The zero-order chi connectivity index (χ0) is 18.8. The molecule has 0 bridgehead atoms. The molecule has 0 aliphatic heterocycles. The molecule has 0 saturated carbocycles. The summed E-state index contributed by atoms with van der Waals surface area (Å²) in [6.07, 6.45) is 0.915. The molecule has 0 aliphatic carbocycles. The van der Waals surface area contributed by atoms with E-state index in [1.807, 2.05) is 30.3 Å². The molecule has 1 N–H and O–H groups in total. The lowest BCUT2D eigenvalue weighted by molar-refractivity contribution is -0.120. The van der Waals surface area contributed by atoms with Gasteiger partial charge in [0.05, 0.1) is 20.1 Å². The number of amides is 1. The summed E-state index contributed by atoms with van der Waals surface area (Å²) in [7, 11) is 1.55. The van der Waals surface area contributed by atoms with Gasteiger partial charge in [-0.25, -0.2) is 0 Å². The summed E-state index contributed by atoms with van der Waals surface area (Å²) in [5.41, 5.74) is 2.41. The number of rotatable bonds is 10. The molecule has 0 aliphatic rings. The number of Topliss-reactive ketones (excluding diaryl/α,β-unsaturated/α-hetero) is 1. The average molecular weight is 355 g/mol. The highest BCUT2D eigenvalue weighted by Gasteiger charge is 2.11. The molecule has 0 heterocycles. The third-order valence-electron chi connectivity index (χ3n) is 3.94. The van der Waals surface area contributed by atoms with Gasteiger partial charge >= 0.3 is 0 Å². The molecule has 5 heteroatoms. The molecule has 138 valence electrons. The first-order chi connectivity index (χ1) is 12.6. The van der Waals surface area contributed by atoms with Crippen LogP contribution in [0.4, 0.5) is 0 Å². The Bertz CT molecular complexity index is 728. The van der Waals surface area contributed by atoms with Crippen molar-refractivity contribution in [3.63, 3.8) is 0 Å². The van der Waals surface area contributed by atoms with Crippen LogP contribution < -0.4 is 10.1 Å². The van der Waals surface area contributed by atoms with E-state index in [1.165, 1.54) is 6.92 Å². The minimum atomic E-state index is -0.105. The molecular formula is C21H25NO4. The van der Waals surface area contributed by atoms with E-state index in [1.54, 1.807) is 25.3 Å². The van der Waals surface area contributed by atoms with Crippen molar-refractivity contribution in [1.29, 1.82) is 0 Å². The summed E-state index contributed by atoms with van der Waals surface area (Å²) in [5, 5.41) is 2.87. The molecule has 0 radical (unpaired) electrons. The molecular weight excluding hydrogens is 330 g/mol. The van der Waals surface area contributed by atoms with E-state index in [-0.39, 0.29) is 18.1 Å². The van der Waals surface area contributed by atoms with Crippen LogP contribution in [0.2, 0.25) is 0 Å². The van der Waals surface area contributed by atoms with Gasteiger partial charge in [-0.15, -0.1) is 0 Å². The van der Waals surface area contributed by atoms with Gasteiger partial charge in [0.2, 0.25) is 5.91 Å². The van der Waals surface area contributed by atoms with Gasteiger partial charge in [0.1, 0.15) is 5.75 Å². The summed E-state index contributed by atoms with van der Waals surface area (Å²) in [4.78, 5) is 23.6. The zero-order valence-corrected chi connectivity index (χ0v) is 15.3. The van der Waals surface area contributed by atoms with Crippen LogP contribution in [0, 0.1) is 0 Å². The summed E-state index contributed by atoms with van der Waals surface area (Å²) in [6.45, 7) is 3.20. The van der Waals surface area contributed by atoms with Gasteiger partial charge in [0.25, 0.3) is 0 Å². The predicted octanol–water partition coefficient (Wildman–Crippen LogP) is 3.16. The highest BCUT2D eigenvalue weighted by Crippen LogP contribution is 2.20. The highest BCUT2D eigenvalue weighted by molar-refractivity contribution is 5.94. The Hall–Kier alpha value is -2.66. The molecule has 0 spiro atoms. The fourth-order valence-corrected chi connectivity index (χ4v) is 2.54. The average Bonchev–Trinajstić information content (AvgIpc) is 2.65. The second-order valence-electron chi connectivity index (χ2n) is 6.00. The molecule has 2 aromatic rings. The minimum absolute atomic E-state index is 0.0372. The van der Waals surface area contributed by atoms with Crippen LogP contribution >= 0.6 is 0 Å². The van der Waals surface area contributed by atoms with Crippen LogP contribution in [0.3, 0.4) is 0 Å². The second kappa shape index (κ2) is 10.4. The van der Waals surface area contributed by atoms with Gasteiger partial charge < -0.3 is 14.8 Å². The van der Waals surface area contributed by atoms with E-state index in [9.17, 15) is 9.59 Å². The number of hydrogen-bond donors (Lipinski definition) is 1. The van der Waals surface area contributed by atoms with Gasteiger partial charge in [-0.1, -0.05) is 30.3 Å². The second-order valence-corrected chi connectivity index (χ2v) is 6.00. The Morgan fingerprint density at radius 3 is 2.54 bits per heavy atom. The SMILES string of the molecule is COc1ccc(C(C)=O)cc1CC(=O)NCCCOCc1ccccc1. The maximum absolute atomic E-state index is 12.1. The lowest BCUT2D eigenvalue weighted by Gasteiger charge is -2.10. The lowest BCUT2D eigenvalue weighted by Crippen LogP contribution is -2.27. The quantitative estimate of drug-likeness (QED) is 0.525. The maximum Gasteiger partial charge on any atom is 0.224 e. The van der Waals surface area contributed by atoms with Crippen molar-refractivity contribution in [3.05, 3.63) is 65.2 Å². The Balaban J connectivity index is 1.71. The van der Waals surface area contributed by atoms with Crippen LogP contribution in [0.15, 0.2) is 48.5 Å². The van der Waals surface area contributed by atoms with Crippen LogP contribution in [-0.2, 0) is 22.6 Å². The van der Waals surface area contributed by atoms with E-state index in [0.29, 0.717) is 36.6 Å². The van der Waals surface area contributed by atoms with E-state index in [0.717, 1.165) is 12.0 Å². The van der Waals surface area contributed by atoms with E-state index < -0.39 is 0 Å². The molecule has 0 aromatic heterocycles. The van der Waals surface area contributed by atoms with Crippen molar-refractivity contribution in [1.82, 2.24) is 5.32 Å². The number of ketones is 1. The molecule has 26 heavy (non-hydrogen) atoms. The van der Waals surface area contributed by atoms with Crippen molar-refractivity contribution in [2.75, 3.05) is 20.3 Å². The largest absolute Gasteiger partial charge is 0.496 e. The molecule has 1 amide bonds. The predicted molar refractivity (Wildman–Crippen MR) is 100 cm³/mol. The summed E-state index contributed by atoms with van der Waals surface area (Å²) in [5.74, 6) is 0.466. The Kier molecular flexibility index (Phi) is 7.83. The van der Waals surface area contributed by atoms with Gasteiger partial charge in [-0.2, -0.15) is 0 Å². The van der Waals surface area contributed by atoms with Crippen LogP contribution in [0.5, 0.6) is 5.75 Å². The van der Waals surface area contributed by atoms with Gasteiger partial charge in [0, 0.05) is 24.3 Å². The fraction of sp³-hybridized carbons (Fsp3) is 0.333. The number of carbonyl (C=O) groups is 2. The molecule has 0 atom stereocenters. The Morgan fingerprint density at radius 1 is 1.08 bits per heavy atom. The molecule has 2 rings (SSSR count). The van der Waals surface area contributed by atoms with Crippen molar-refractivity contribution >= 4 is 11.7 Å². The van der Waals surface area contributed by atoms with Crippen molar-refractivity contribution in [2.24, 2.45) is 0 Å². The molecule has 5 nitrogen and oxygen atoms in total. The number of carbonyl (C=O) groups excluding carboxylic acids is 2. The summed E-state index contributed by atoms with van der Waals surface area (Å²) in [6, 6.07) is 15.1. The molecule has 2 aromatic carbocycles. The van der Waals surface area contributed by atoms with Crippen LogP contribution in [-0.4, -0.2) is 32.0 Å². The summed E-state index contributed by atoms with van der Waals surface area (Å²) >= 11 is 0. The van der Waals surface area contributed by atoms with Gasteiger partial charge in [-0.05, 0) is 37.1 Å². The minimum Gasteiger partial charge on any atom is -0.496 e. The normalized spacial score (nSPS) is 10.4. The van der Waals surface area contributed by atoms with Crippen LogP contribution in [0.25, 0.3) is 0 Å². The zero-order valence-electron chi connectivity index (χ0n) is 15.3. The van der Waals surface area contributed by atoms with Crippen molar-refractivity contribution in [2.45, 2.75) is 26.4 Å². The van der Waals surface area contributed by atoms with Gasteiger partial charge in [-0.3, -0.25) is 9.59 Å². The Labute approximate surface area is 154 Å². The molecule has 0 saturated heterocycles. The van der Waals surface area contributed by atoms with Crippen molar-refractivity contribution in [3.8, 4) is 5.75 Å². The third kappa shape index (κ3) is 6.33. The van der Waals surface area contributed by atoms with Gasteiger partial charge in [0.15, 0.2) is 5.78 Å². The first-order valence-corrected chi connectivity index (χ1v) is 8.66. The third-order valence-corrected chi connectivity index (χ3v) is 3.94. The topological polar surface area (TPSA) is 64.6 Å². The Morgan fingerprint density at radius 2 is 1.85 bits per heavy atom. The fourth-order valence-electron chi connectivity index (χ4n) is 2.54. The number of ether oxygens (including phenoxy) is 2. The van der Waals surface area contributed by atoms with Crippen molar-refractivity contribution < 1.29 is 19.1 Å². The smallest absolute Gasteiger partial charge is 0.224 e. The van der Waals surface area contributed by atoms with E-state index in [2.05, 4.69) is 5.32 Å². The number of methoxy groups -OCH3 is 1. The monoisotopic (exact) mass is 355 g/mol. The summed E-state index contributed by atoms with van der Waals surface area (Å²) < 4.78 is 10.9. The maximum atomic E-state index is 12.1. The lowest BCUT2D eigenvalue weighted by atomic mass is 10.0. The molecule has 0 fully saturated rings. The number of benzene rings is 2. The molecule has 0 unspecified atom stereocenters.